The highest BCUT2D eigenvalue weighted by Crippen LogP contribution is 2.31. The largest absolute Gasteiger partial charge is 0.494 e. The molecule has 0 radical (unpaired) electrons. The number of Topliss-reactive ketones (excluding diaryl/α,β-unsaturated/α-hetero) is 1. The predicted molar refractivity (Wildman–Crippen MR) is 147 cm³/mol. The molecule has 1 unspecified atom stereocenters. The fourth-order valence-corrected chi connectivity index (χ4v) is 5.49. The highest BCUT2D eigenvalue weighted by molar-refractivity contribution is 7.10. The van der Waals surface area contributed by atoms with E-state index in [0.29, 0.717) is 29.2 Å². The standard InChI is InChI=1S/C30H34N2O4S/c1-3-36-26-17-13-23(14-18-26)29(30(35)31-24-8-5-4-6-9-24)32(28(34)20-27-10-7-19-37-27)25-15-11-22(12-16-25)21(2)33/h7,10-19,24,29H,3-6,8-9,20H2,1-2H3,(H,31,35). The van der Waals surface area contributed by atoms with E-state index >= 15 is 0 Å². The van der Waals surface area contributed by atoms with Crippen LogP contribution in [0, 0.1) is 0 Å². The summed E-state index contributed by atoms with van der Waals surface area (Å²) in [5.41, 5.74) is 1.83. The first-order valence-electron chi connectivity index (χ1n) is 12.9. The van der Waals surface area contributed by atoms with E-state index in [1.807, 2.05) is 48.7 Å². The molecule has 1 aromatic heterocycles. The Morgan fingerprint density at radius 2 is 1.70 bits per heavy atom. The first-order chi connectivity index (χ1) is 18.0. The van der Waals surface area contributed by atoms with Crippen molar-refractivity contribution in [3.63, 3.8) is 0 Å². The summed E-state index contributed by atoms with van der Waals surface area (Å²) in [5.74, 6) is 0.267. The number of ketones is 1. The van der Waals surface area contributed by atoms with Gasteiger partial charge in [-0.15, -0.1) is 11.3 Å². The van der Waals surface area contributed by atoms with Gasteiger partial charge in [-0.05, 0) is 80.1 Å². The van der Waals surface area contributed by atoms with Crippen LogP contribution in [0.4, 0.5) is 5.69 Å². The van der Waals surface area contributed by atoms with E-state index in [-0.39, 0.29) is 30.1 Å². The number of rotatable bonds is 10. The number of anilines is 1. The molecule has 1 aliphatic rings. The summed E-state index contributed by atoms with van der Waals surface area (Å²) in [5, 5.41) is 5.17. The quantitative estimate of drug-likeness (QED) is 0.328. The Balaban J connectivity index is 1.75. The molecule has 4 rings (SSSR count). The zero-order valence-electron chi connectivity index (χ0n) is 21.4. The average Bonchev–Trinajstić information content (AvgIpc) is 3.41. The molecule has 0 bridgehead atoms. The summed E-state index contributed by atoms with van der Waals surface area (Å²) in [7, 11) is 0. The second kappa shape index (κ2) is 12.7. The Kier molecular flexibility index (Phi) is 9.12. The van der Waals surface area contributed by atoms with Gasteiger partial charge in [-0.2, -0.15) is 0 Å². The van der Waals surface area contributed by atoms with Gasteiger partial charge in [0.15, 0.2) is 5.78 Å². The fourth-order valence-electron chi connectivity index (χ4n) is 4.80. The molecule has 3 aromatic rings. The number of hydrogen-bond donors (Lipinski definition) is 1. The third kappa shape index (κ3) is 6.86. The third-order valence-corrected chi connectivity index (χ3v) is 7.57. The number of nitrogens with zero attached hydrogens (tertiary/aromatic N) is 1. The monoisotopic (exact) mass is 518 g/mol. The minimum atomic E-state index is -0.867. The molecule has 0 aliphatic heterocycles. The molecular weight excluding hydrogens is 484 g/mol. The van der Waals surface area contributed by atoms with Crippen molar-refractivity contribution in [1.82, 2.24) is 5.32 Å². The van der Waals surface area contributed by atoms with Crippen LogP contribution in [-0.2, 0) is 16.0 Å². The summed E-state index contributed by atoms with van der Waals surface area (Å²) in [6.45, 7) is 3.97. The molecule has 2 amide bonds. The van der Waals surface area contributed by atoms with Gasteiger partial charge >= 0.3 is 0 Å². The highest BCUT2D eigenvalue weighted by Gasteiger charge is 2.34. The van der Waals surface area contributed by atoms with Crippen molar-refractivity contribution in [2.24, 2.45) is 0 Å². The van der Waals surface area contributed by atoms with Crippen molar-refractivity contribution in [3.8, 4) is 5.75 Å². The number of benzene rings is 2. The molecule has 6 nitrogen and oxygen atoms in total. The molecule has 1 aliphatic carbocycles. The molecule has 37 heavy (non-hydrogen) atoms. The smallest absolute Gasteiger partial charge is 0.248 e. The van der Waals surface area contributed by atoms with Gasteiger partial charge < -0.3 is 10.1 Å². The van der Waals surface area contributed by atoms with Crippen molar-refractivity contribution in [1.29, 1.82) is 0 Å². The van der Waals surface area contributed by atoms with E-state index in [1.165, 1.54) is 24.7 Å². The van der Waals surface area contributed by atoms with Crippen molar-refractivity contribution in [3.05, 3.63) is 82.0 Å². The number of hydrogen-bond acceptors (Lipinski definition) is 5. The van der Waals surface area contributed by atoms with Crippen LogP contribution in [-0.4, -0.2) is 30.2 Å². The molecular formula is C30H34N2O4S. The van der Waals surface area contributed by atoms with Crippen LogP contribution in [0.1, 0.15) is 72.8 Å². The van der Waals surface area contributed by atoms with E-state index in [2.05, 4.69) is 5.32 Å². The first-order valence-corrected chi connectivity index (χ1v) is 13.8. The van der Waals surface area contributed by atoms with Gasteiger partial charge in [0.25, 0.3) is 0 Å². The molecule has 1 N–H and O–H groups in total. The lowest BCUT2D eigenvalue weighted by Gasteiger charge is -2.33. The van der Waals surface area contributed by atoms with Crippen LogP contribution in [0.25, 0.3) is 0 Å². The van der Waals surface area contributed by atoms with E-state index < -0.39 is 6.04 Å². The Hall–Kier alpha value is -3.45. The van der Waals surface area contributed by atoms with Crippen LogP contribution in [0.5, 0.6) is 5.75 Å². The molecule has 2 aromatic carbocycles. The van der Waals surface area contributed by atoms with Crippen molar-refractivity contribution in [2.45, 2.75) is 64.5 Å². The van der Waals surface area contributed by atoms with Gasteiger partial charge in [-0.3, -0.25) is 19.3 Å². The first kappa shape index (κ1) is 26.6. The Morgan fingerprint density at radius 1 is 1.00 bits per heavy atom. The SMILES string of the molecule is CCOc1ccc(C(C(=O)NC2CCCCC2)N(C(=O)Cc2cccs2)c2ccc(C(C)=O)cc2)cc1. The predicted octanol–water partition coefficient (Wildman–Crippen LogP) is 6.12. The molecule has 0 spiro atoms. The van der Waals surface area contributed by atoms with Crippen molar-refractivity contribution in [2.75, 3.05) is 11.5 Å². The Labute approximate surface area is 222 Å². The number of amides is 2. The maximum Gasteiger partial charge on any atom is 0.248 e. The maximum atomic E-state index is 13.9. The zero-order chi connectivity index (χ0) is 26.2. The summed E-state index contributed by atoms with van der Waals surface area (Å²) < 4.78 is 5.61. The van der Waals surface area contributed by atoms with Crippen LogP contribution < -0.4 is 15.0 Å². The number of nitrogens with one attached hydrogen (secondary N) is 1. The number of carbonyl (C=O) groups excluding carboxylic acids is 3. The Bertz CT molecular complexity index is 1180. The average molecular weight is 519 g/mol. The maximum absolute atomic E-state index is 13.9. The van der Waals surface area contributed by atoms with Gasteiger partial charge in [0.1, 0.15) is 11.8 Å². The molecule has 1 atom stereocenters. The topological polar surface area (TPSA) is 75.7 Å². The summed E-state index contributed by atoms with van der Waals surface area (Å²) in [4.78, 5) is 42.2. The highest BCUT2D eigenvalue weighted by atomic mass is 32.1. The minimum absolute atomic E-state index is 0.0545. The second-order valence-electron chi connectivity index (χ2n) is 9.37. The number of ether oxygens (including phenoxy) is 1. The molecule has 0 saturated heterocycles. The normalized spacial score (nSPS) is 14.5. The van der Waals surface area contributed by atoms with E-state index in [9.17, 15) is 14.4 Å². The summed E-state index contributed by atoms with van der Waals surface area (Å²) >= 11 is 1.51. The van der Waals surface area contributed by atoms with E-state index in [1.54, 1.807) is 29.2 Å². The van der Waals surface area contributed by atoms with Gasteiger partial charge in [-0.1, -0.05) is 37.5 Å². The third-order valence-electron chi connectivity index (χ3n) is 6.69. The second-order valence-corrected chi connectivity index (χ2v) is 10.4. The van der Waals surface area contributed by atoms with Crippen LogP contribution in [0.15, 0.2) is 66.0 Å². The van der Waals surface area contributed by atoms with E-state index in [0.717, 1.165) is 30.6 Å². The molecule has 1 fully saturated rings. The van der Waals surface area contributed by atoms with Crippen LogP contribution in [0.3, 0.4) is 0 Å². The lowest BCUT2D eigenvalue weighted by molar-refractivity contribution is -0.127. The van der Waals surface area contributed by atoms with Crippen molar-refractivity contribution < 1.29 is 19.1 Å². The zero-order valence-corrected chi connectivity index (χ0v) is 22.3. The van der Waals surface area contributed by atoms with E-state index in [4.69, 9.17) is 4.74 Å². The van der Waals surface area contributed by atoms with Crippen LogP contribution >= 0.6 is 11.3 Å². The Morgan fingerprint density at radius 3 is 2.30 bits per heavy atom. The number of thiophene rings is 1. The summed E-state index contributed by atoms with van der Waals surface area (Å²) in [6, 6.07) is 17.4. The lowest BCUT2D eigenvalue weighted by atomic mass is 9.94. The minimum Gasteiger partial charge on any atom is -0.494 e. The van der Waals surface area contributed by atoms with Crippen molar-refractivity contribution >= 4 is 34.6 Å². The van der Waals surface area contributed by atoms with Gasteiger partial charge in [0.2, 0.25) is 11.8 Å². The van der Waals surface area contributed by atoms with Gasteiger partial charge in [0, 0.05) is 22.2 Å². The van der Waals surface area contributed by atoms with Crippen LogP contribution in [0.2, 0.25) is 0 Å². The fraction of sp³-hybridized carbons (Fsp3) is 0.367. The summed E-state index contributed by atoms with van der Waals surface area (Å²) in [6.07, 6.45) is 5.42. The molecule has 194 valence electrons. The molecule has 1 heterocycles. The number of carbonyl (C=O) groups is 3. The lowest BCUT2D eigenvalue weighted by Crippen LogP contribution is -2.47. The molecule has 7 heteroatoms. The van der Waals surface area contributed by atoms with Gasteiger partial charge in [0.05, 0.1) is 13.0 Å². The molecule has 1 saturated carbocycles. The van der Waals surface area contributed by atoms with Gasteiger partial charge in [-0.25, -0.2) is 0 Å².